The Kier molecular flexibility index (Phi) is 6.42. The van der Waals surface area contributed by atoms with Crippen LogP contribution in [0.15, 0.2) is 65.7 Å². The second kappa shape index (κ2) is 9.59. The van der Waals surface area contributed by atoms with Crippen molar-refractivity contribution in [2.75, 3.05) is 19.0 Å². The molecular formula is C24H19N3O6S. The van der Waals surface area contributed by atoms with Crippen molar-refractivity contribution in [3.8, 4) is 16.9 Å². The van der Waals surface area contributed by atoms with Crippen LogP contribution in [0, 0.1) is 0 Å². The third kappa shape index (κ3) is 4.97. The van der Waals surface area contributed by atoms with Crippen LogP contribution in [0.4, 0.5) is 10.5 Å². The standard InChI is InChI=1S/C24H19N3O6S/c1-33-18-7-5-17(6-8-18)25-21(28)12-27-22(29)20(26-24(27)32)11-19-10-16(13-34-19)14-3-2-4-15(9-14)23(30)31/h2-11,13H,12H2,1H3,(H,25,28)(H,26,32)(H,30,31). The number of urea groups is 1. The maximum Gasteiger partial charge on any atom is 0.335 e. The quantitative estimate of drug-likeness (QED) is 0.352. The minimum Gasteiger partial charge on any atom is -0.497 e. The van der Waals surface area contributed by atoms with Crippen LogP contribution in [0.1, 0.15) is 15.2 Å². The number of amides is 4. The number of ether oxygens (including phenoxy) is 1. The molecule has 2 heterocycles. The Morgan fingerprint density at radius 1 is 1.12 bits per heavy atom. The average molecular weight is 477 g/mol. The number of anilines is 1. The molecule has 1 aliphatic rings. The Balaban J connectivity index is 1.44. The SMILES string of the molecule is COc1ccc(NC(=O)CN2C(=O)NC(=Cc3cc(-c4cccc(C(=O)O)c4)cs3)C2=O)cc1. The Morgan fingerprint density at radius 3 is 2.59 bits per heavy atom. The first-order valence-corrected chi connectivity index (χ1v) is 10.9. The lowest BCUT2D eigenvalue weighted by molar-refractivity contribution is -0.127. The zero-order valence-corrected chi connectivity index (χ0v) is 18.7. The Labute approximate surface area is 198 Å². The highest BCUT2D eigenvalue weighted by Crippen LogP contribution is 2.28. The molecular weight excluding hydrogens is 458 g/mol. The number of carbonyl (C=O) groups is 4. The Bertz CT molecular complexity index is 1310. The lowest BCUT2D eigenvalue weighted by atomic mass is 10.1. The minimum absolute atomic E-state index is 0.0509. The smallest absolute Gasteiger partial charge is 0.335 e. The molecule has 0 radical (unpaired) electrons. The summed E-state index contributed by atoms with van der Waals surface area (Å²) in [5, 5.41) is 16.1. The highest BCUT2D eigenvalue weighted by atomic mass is 32.1. The van der Waals surface area contributed by atoms with Crippen molar-refractivity contribution in [3.63, 3.8) is 0 Å². The van der Waals surface area contributed by atoms with Gasteiger partial charge in [0.15, 0.2) is 0 Å². The molecule has 1 aliphatic heterocycles. The van der Waals surface area contributed by atoms with E-state index in [1.54, 1.807) is 48.5 Å². The van der Waals surface area contributed by atoms with E-state index in [1.807, 2.05) is 5.38 Å². The van der Waals surface area contributed by atoms with Crippen molar-refractivity contribution in [3.05, 3.63) is 76.1 Å². The number of carboxylic acids is 1. The third-order valence-corrected chi connectivity index (χ3v) is 5.87. The van der Waals surface area contributed by atoms with Crippen LogP contribution in [-0.4, -0.2) is 47.5 Å². The van der Waals surface area contributed by atoms with Crippen molar-refractivity contribution >= 4 is 46.9 Å². The summed E-state index contributed by atoms with van der Waals surface area (Å²) in [4.78, 5) is 50.0. The summed E-state index contributed by atoms with van der Waals surface area (Å²) >= 11 is 1.33. The molecule has 9 nitrogen and oxygen atoms in total. The number of thiophene rings is 1. The van der Waals surface area contributed by atoms with Crippen molar-refractivity contribution in [1.29, 1.82) is 0 Å². The first-order chi connectivity index (χ1) is 16.3. The molecule has 0 unspecified atom stereocenters. The number of imide groups is 1. The fourth-order valence-electron chi connectivity index (χ4n) is 3.29. The van der Waals surface area contributed by atoms with Crippen LogP contribution in [0.5, 0.6) is 5.75 Å². The first-order valence-electron chi connectivity index (χ1n) is 10.0. The van der Waals surface area contributed by atoms with Gasteiger partial charge < -0.3 is 20.5 Å². The van der Waals surface area contributed by atoms with Crippen LogP contribution in [0.3, 0.4) is 0 Å². The molecule has 3 aromatic rings. The molecule has 0 spiro atoms. The average Bonchev–Trinajstić information content (AvgIpc) is 3.40. The molecule has 172 valence electrons. The zero-order valence-electron chi connectivity index (χ0n) is 17.9. The first kappa shape index (κ1) is 22.7. The summed E-state index contributed by atoms with van der Waals surface area (Å²) in [7, 11) is 1.53. The van der Waals surface area contributed by atoms with E-state index in [0.29, 0.717) is 16.3 Å². The summed E-state index contributed by atoms with van der Waals surface area (Å²) in [5.74, 6) is -1.52. The van der Waals surface area contributed by atoms with Crippen LogP contribution in [-0.2, 0) is 9.59 Å². The molecule has 0 aliphatic carbocycles. The maximum atomic E-state index is 12.7. The lowest BCUT2D eigenvalue weighted by Gasteiger charge is -2.12. The van der Waals surface area contributed by atoms with Crippen LogP contribution < -0.4 is 15.4 Å². The van der Waals surface area contributed by atoms with E-state index >= 15 is 0 Å². The predicted molar refractivity (Wildman–Crippen MR) is 127 cm³/mol. The summed E-state index contributed by atoms with van der Waals surface area (Å²) < 4.78 is 5.06. The summed E-state index contributed by atoms with van der Waals surface area (Å²) in [6, 6.07) is 14.3. The molecule has 4 rings (SSSR count). The van der Waals surface area contributed by atoms with Gasteiger partial charge in [-0.3, -0.25) is 9.59 Å². The van der Waals surface area contributed by atoms with Gasteiger partial charge >= 0.3 is 12.0 Å². The molecule has 1 fully saturated rings. The number of benzene rings is 2. The third-order valence-electron chi connectivity index (χ3n) is 4.99. The molecule has 0 atom stereocenters. The molecule has 4 amide bonds. The number of hydrogen-bond acceptors (Lipinski definition) is 6. The number of methoxy groups -OCH3 is 1. The van der Waals surface area contributed by atoms with Gasteiger partial charge in [0.05, 0.1) is 12.7 Å². The second-order valence-electron chi connectivity index (χ2n) is 7.28. The molecule has 1 saturated heterocycles. The Hall–Kier alpha value is -4.44. The number of nitrogens with one attached hydrogen (secondary N) is 2. The minimum atomic E-state index is -1.02. The van der Waals surface area contributed by atoms with E-state index in [2.05, 4.69) is 10.6 Å². The molecule has 3 N–H and O–H groups in total. The molecule has 0 saturated carbocycles. The van der Waals surface area contributed by atoms with Gasteiger partial charge in [0.1, 0.15) is 18.0 Å². The number of carbonyl (C=O) groups excluding carboxylic acids is 3. The van der Waals surface area contributed by atoms with Gasteiger partial charge in [0.25, 0.3) is 5.91 Å². The highest BCUT2D eigenvalue weighted by molar-refractivity contribution is 7.11. The van der Waals surface area contributed by atoms with E-state index in [-0.39, 0.29) is 11.3 Å². The van der Waals surface area contributed by atoms with Crippen LogP contribution in [0.25, 0.3) is 17.2 Å². The van der Waals surface area contributed by atoms with E-state index in [0.717, 1.165) is 16.0 Å². The zero-order chi connectivity index (χ0) is 24.2. The van der Waals surface area contributed by atoms with Crippen LogP contribution in [0.2, 0.25) is 0 Å². The fourth-order valence-corrected chi connectivity index (χ4v) is 4.14. The van der Waals surface area contributed by atoms with Crippen molar-refractivity contribution in [1.82, 2.24) is 10.2 Å². The van der Waals surface area contributed by atoms with Crippen molar-refractivity contribution in [2.45, 2.75) is 0 Å². The number of rotatable bonds is 7. The normalized spacial score (nSPS) is 14.3. The van der Waals surface area contributed by atoms with Gasteiger partial charge in [-0.05, 0) is 65.0 Å². The van der Waals surface area contributed by atoms with E-state index in [4.69, 9.17) is 4.74 Å². The van der Waals surface area contributed by atoms with Gasteiger partial charge in [-0.1, -0.05) is 12.1 Å². The molecule has 1 aromatic heterocycles. The highest BCUT2D eigenvalue weighted by Gasteiger charge is 2.35. The summed E-state index contributed by atoms with van der Waals surface area (Å²) in [6.45, 7) is -0.439. The molecule has 2 aromatic carbocycles. The van der Waals surface area contributed by atoms with Gasteiger partial charge in [0.2, 0.25) is 5.91 Å². The summed E-state index contributed by atoms with van der Waals surface area (Å²) in [5.41, 5.74) is 2.24. The van der Waals surface area contributed by atoms with Gasteiger partial charge in [-0.25, -0.2) is 14.5 Å². The maximum absolute atomic E-state index is 12.7. The number of carboxylic acid groups (broad SMARTS) is 1. The largest absolute Gasteiger partial charge is 0.497 e. The van der Waals surface area contributed by atoms with E-state index < -0.39 is 30.4 Å². The molecule has 34 heavy (non-hydrogen) atoms. The van der Waals surface area contributed by atoms with E-state index in [1.165, 1.54) is 30.6 Å². The number of hydrogen-bond donors (Lipinski definition) is 3. The summed E-state index contributed by atoms with van der Waals surface area (Å²) in [6.07, 6.45) is 1.52. The predicted octanol–water partition coefficient (Wildman–Crippen LogP) is 3.65. The lowest BCUT2D eigenvalue weighted by Crippen LogP contribution is -2.38. The van der Waals surface area contributed by atoms with Crippen molar-refractivity contribution < 1.29 is 29.0 Å². The number of nitrogens with zero attached hydrogens (tertiary/aromatic N) is 1. The molecule has 10 heteroatoms. The number of aromatic carboxylic acids is 1. The fraction of sp³-hybridized carbons (Fsp3) is 0.0833. The van der Waals surface area contributed by atoms with Gasteiger partial charge in [0, 0.05) is 10.6 Å². The molecule has 0 bridgehead atoms. The van der Waals surface area contributed by atoms with Crippen molar-refractivity contribution in [2.24, 2.45) is 0 Å². The topological polar surface area (TPSA) is 125 Å². The Morgan fingerprint density at radius 2 is 1.88 bits per heavy atom. The second-order valence-corrected chi connectivity index (χ2v) is 8.22. The monoisotopic (exact) mass is 477 g/mol. The van der Waals surface area contributed by atoms with Crippen LogP contribution >= 0.6 is 11.3 Å². The van der Waals surface area contributed by atoms with E-state index in [9.17, 15) is 24.3 Å². The van der Waals surface area contributed by atoms with Gasteiger partial charge in [-0.15, -0.1) is 11.3 Å². The van der Waals surface area contributed by atoms with Gasteiger partial charge in [-0.2, -0.15) is 0 Å².